The first-order valence-corrected chi connectivity index (χ1v) is 7.89. The van der Waals surface area contributed by atoms with Crippen LogP contribution in [0.4, 0.5) is 0 Å². The zero-order valence-corrected chi connectivity index (χ0v) is 14.4. The third-order valence-corrected chi connectivity index (χ3v) is 3.69. The molecule has 0 aliphatic heterocycles. The number of aromatic nitrogens is 2. The third-order valence-electron chi connectivity index (χ3n) is 3.36. The van der Waals surface area contributed by atoms with Gasteiger partial charge in [0, 0.05) is 30.4 Å². The van der Waals surface area contributed by atoms with E-state index in [9.17, 15) is 5.11 Å². The van der Waals surface area contributed by atoms with Crippen molar-refractivity contribution < 1.29 is 5.11 Å². The summed E-state index contributed by atoms with van der Waals surface area (Å²) in [5, 5.41) is 18.1. The van der Waals surface area contributed by atoms with Crippen LogP contribution in [0.1, 0.15) is 33.3 Å². The number of nitrogens with one attached hydrogen (secondary N) is 1. The lowest BCUT2D eigenvalue weighted by Crippen LogP contribution is -2.24. The molecule has 0 aliphatic rings. The molecule has 2 N–H and O–H groups in total. The number of nitrogens with zero attached hydrogens (tertiary/aromatic N) is 2. The minimum absolute atomic E-state index is 0.0987. The van der Waals surface area contributed by atoms with Gasteiger partial charge in [-0.25, -0.2) is 0 Å². The molecule has 0 spiro atoms. The zero-order chi connectivity index (χ0) is 16.3. The Labute approximate surface area is 137 Å². The van der Waals surface area contributed by atoms with Gasteiger partial charge in [0.05, 0.1) is 22.4 Å². The summed E-state index contributed by atoms with van der Waals surface area (Å²) >= 11 is 6.33. The summed E-state index contributed by atoms with van der Waals surface area (Å²) < 4.78 is 1.96. The van der Waals surface area contributed by atoms with Crippen molar-refractivity contribution in [3.8, 4) is 11.3 Å². The zero-order valence-electron chi connectivity index (χ0n) is 13.6. The van der Waals surface area contributed by atoms with E-state index in [0.717, 1.165) is 16.8 Å². The highest BCUT2D eigenvalue weighted by atomic mass is 35.5. The summed E-state index contributed by atoms with van der Waals surface area (Å²) in [6.07, 6.45) is 1.68. The second kappa shape index (κ2) is 6.82. The van der Waals surface area contributed by atoms with Gasteiger partial charge in [0.15, 0.2) is 0 Å². The molecule has 1 aromatic carbocycles. The molecule has 0 fully saturated rings. The predicted molar refractivity (Wildman–Crippen MR) is 91.1 cm³/mol. The van der Waals surface area contributed by atoms with Crippen molar-refractivity contribution in [3.05, 3.63) is 41.0 Å². The first kappa shape index (κ1) is 17.0. The number of halogens is 1. The topological polar surface area (TPSA) is 50.1 Å². The molecule has 4 nitrogen and oxygen atoms in total. The summed E-state index contributed by atoms with van der Waals surface area (Å²) in [4.78, 5) is 0. The van der Waals surface area contributed by atoms with Crippen molar-refractivity contribution in [2.75, 3.05) is 6.54 Å². The number of hydrogen-bond donors (Lipinski definition) is 2. The van der Waals surface area contributed by atoms with E-state index in [4.69, 9.17) is 16.7 Å². The van der Waals surface area contributed by atoms with Gasteiger partial charge >= 0.3 is 0 Å². The average Bonchev–Trinajstić information content (AvgIpc) is 2.83. The van der Waals surface area contributed by atoms with Crippen LogP contribution in [0.3, 0.4) is 0 Å². The Morgan fingerprint density at radius 1 is 1.32 bits per heavy atom. The summed E-state index contributed by atoms with van der Waals surface area (Å²) in [6, 6.07) is 7.73. The van der Waals surface area contributed by atoms with Crippen LogP contribution in [0.25, 0.3) is 11.3 Å². The molecule has 1 atom stereocenters. The molecule has 1 unspecified atom stereocenters. The van der Waals surface area contributed by atoms with Gasteiger partial charge in [0.1, 0.15) is 0 Å². The normalized spacial score (nSPS) is 13.4. The van der Waals surface area contributed by atoms with E-state index < -0.39 is 0 Å². The lowest BCUT2D eigenvalue weighted by atomic mass is 10.1. The minimum atomic E-state index is -0.374. The monoisotopic (exact) mass is 321 g/mol. The van der Waals surface area contributed by atoms with Crippen LogP contribution in [0, 0.1) is 0 Å². The molecular formula is C17H24ClN3O. The maximum absolute atomic E-state index is 9.39. The van der Waals surface area contributed by atoms with E-state index in [1.54, 1.807) is 6.92 Å². The number of aliphatic hydroxyl groups excluding tert-OH is 1. The van der Waals surface area contributed by atoms with Crippen LogP contribution in [-0.2, 0) is 12.1 Å². The van der Waals surface area contributed by atoms with Crippen LogP contribution in [0.15, 0.2) is 30.5 Å². The Morgan fingerprint density at radius 2 is 2.00 bits per heavy atom. The van der Waals surface area contributed by atoms with Gasteiger partial charge in [-0.2, -0.15) is 5.10 Å². The quantitative estimate of drug-likeness (QED) is 0.887. The van der Waals surface area contributed by atoms with E-state index in [0.29, 0.717) is 18.1 Å². The van der Waals surface area contributed by atoms with E-state index in [1.165, 1.54) is 0 Å². The first-order chi connectivity index (χ1) is 10.3. The lowest BCUT2D eigenvalue weighted by molar-refractivity contribution is 0.191. The van der Waals surface area contributed by atoms with Gasteiger partial charge < -0.3 is 10.4 Å². The maximum Gasteiger partial charge on any atom is 0.0983 e. The van der Waals surface area contributed by atoms with E-state index in [2.05, 4.69) is 26.1 Å². The molecule has 2 aromatic rings. The number of aliphatic hydroxyl groups is 1. The molecule has 22 heavy (non-hydrogen) atoms. The fourth-order valence-corrected chi connectivity index (χ4v) is 2.40. The number of hydrogen-bond acceptors (Lipinski definition) is 3. The molecule has 0 bridgehead atoms. The SMILES string of the molecule is CC(O)CNCc1cn(C(C)(C)C)nc1-c1ccccc1Cl. The van der Waals surface area contributed by atoms with Gasteiger partial charge in [-0.3, -0.25) is 4.68 Å². The number of benzene rings is 1. The third kappa shape index (κ3) is 4.09. The lowest BCUT2D eigenvalue weighted by Gasteiger charge is -2.18. The van der Waals surface area contributed by atoms with Crippen LogP contribution >= 0.6 is 11.6 Å². The van der Waals surface area contributed by atoms with Crippen LogP contribution < -0.4 is 5.32 Å². The van der Waals surface area contributed by atoms with Crippen molar-refractivity contribution >= 4 is 11.6 Å². The number of rotatable bonds is 5. The molecule has 0 amide bonds. The molecule has 120 valence electrons. The van der Waals surface area contributed by atoms with Crippen LogP contribution in [0.2, 0.25) is 5.02 Å². The van der Waals surface area contributed by atoms with Gasteiger partial charge in [-0.1, -0.05) is 29.8 Å². The summed E-state index contributed by atoms with van der Waals surface area (Å²) in [6.45, 7) is 9.29. The fourth-order valence-electron chi connectivity index (χ4n) is 2.18. The summed E-state index contributed by atoms with van der Waals surface area (Å²) in [5.74, 6) is 0. The molecule has 1 aromatic heterocycles. The van der Waals surface area contributed by atoms with Gasteiger partial charge in [0.25, 0.3) is 0 Å². The van der Waals surface area contributed by atoms with Crippen LogP contribution in [-0.4, -0.2) is 27.5 Å². The highest BCUT2D eigenvalue weighted by Crippen LogP contribution is 2.30. The van der Waals surface area contributed by atoms with Crippen molar-refractivity contribution in [1.82, 2.24) is 15.1 Å². The largest absolute Gasteiger partial charge is 0.392 e. The Hall–Kier alpha value is -1.36. The molecule has 1 heterocycles. The Balaban J connectivity index is 2.38. The van der Waals surface area contributed by atoms with E-state index >= 15 is 0 Å². The minimum Gasteiger partial charge on any atom is -0.392 e. The van der Waals surface area contributed by atoms with E-state index in [-0.39, 0.29) is 11.6 Å². The second-order valence-electron chi connectivity index (χ2n) is 6.58. The molecule has 0 aliphatic carbocycles. The van der Waals surface area contributed by atoms with Crippen molar-refractivity contribution in [1.29, 1.82) is 0 Å². The van der Waals surface area contributed by atoms with Crippen molar-refractivity contribution in [2.45, 2.75) is 45.9 Å². The summed E-state index contributed by atoms with van der Waals surface area (Å²) in [5.41, 5.74) is 2.79. The van der Waals surface area contributed by atoms with Gasteiger partial charge in [-0.15, -0.1) is 0 Å². The molecule has 0 radical (unpaired) electrons. The molecular weight excluding hydrogens is 298 g/mol. The smallest absolute Gasteiger partial charge is 0.0983 e. The summed E-state index contributed by atoms with van der Waals surface area (Å²) in [7, 11) is 0. The molecule has 5 heteroatoms. The first-order valence-electron chi connectivity index (χ1n) is 7.51. The van der Waals surface area contributed by atoms with Crippen molar-refractivity contribution in [2.24, 2.45) is 0 Å². The average molecular weight is 322 g/mol. The van der Waals surface area contributed by atoms with Crippen LogP contribution in [0.5, 0.6) is 0 Å². The predicted octanol–water partition coefficient (Wildman–Crippen LogP) is 3.43. The highest BCUT2D eigenvalue weighted by molar-refractivity contribution is 6.33. The Morgan fingerprint density at radius 3 is 2.59 bits per heavy atom. The second-order valence-corrected chi connectivity index (χ2v) is 6.99. The maximum atomic E-state index is 9.39. The molecule has 0 saturated carbocycles. The fraction of sp³-hybridized carbons (Fsp3) is 0.471. The van der Waals surface area contributed by atoms with E-state index in [1.807, 2.05) is 35.1 Å². The molecule has 0 saturated heterocycles. The van der Waals surface area contributed by atoms with Crippen molar-refractivity contribution in [3.63, 3.8) is 0 Å². The standard InChI is InChI=1S/C17H24ClN3O/c1-12(22)9-19-10-13-11-21(17(2,3)4)20-16(13)14-7-5-6-8-15(14)18/h5-8,11-12,19,22H,9-10H2,1-4H3. The molecule has 2 rings (SSSR count). The Bertz CT molecular complexity index is 629. The Kier molecular flexibility index (Phi) is 5.27. The highest BCUT2D eigenvalue weighted by Gasteiger charge is 2.20. The van der Waals surface area contributed by atoms with Gasteiger partial charge in [0.2, 0.25) is 0 Å². The van der Waals surface area contributed by atoms with Gasteiger partial charge in [-0.05, 0) is 33.8 Å².